The van der Waals surface area contributed by atoms with Gasteiger partial charge >= 0.3 is 5.97 Å². The minimum absolute atomic E-state index is 0.234. The van der Waals surface area contributed by atoms with E-state index in [1.807, 2.05) is 0 Å². The third-order valence-electron chi connectivity index (χ3n) is 2.57. The van der Waals surface area contributed by atoms with E-state index in [0.29, 0.717) is 12.9 Å². The van der Waals surface area contributed by atoms with Gasteiger partial charge in [0.25, 0.3) is 7.48 Å². The minimum atomic E-state index is -0.706. The summed E-state index contributed by atoms with van der Waals surface area (Å²) in [6, 6.07) is 0. The summed E-state index contributed by atoms with van der Waals surface area (Å²) < 4.78 is 0. The second-order valence-electron chi connectivity index (χ2n) is 3.48. The van der Waals surface area contributed by atoms with Gasteiger partial charge in [0.2, 0.25) is 0 Å². The lowest BCUT2D eigenvalue weighted by molar-refractivity contribution is -0.142. The van der Waals surface area contributed by atoms with Gasteiger partial charge in [0.15, 0.2) is 0 Å². The molecule has 73 valence electrons. The molecule has 1 aliphatic heterocycles. The van der Waals surface area contributed by atoms with Gasteiger partial charge in [0, 0.05) is 6.54 Å². The van der Waals surface area contributed by atoms with E-state index in [-0.39, 0.29) is 11.8 Å². The molecule has 13 heavy (non-hydrogen) atoms. The largest absolute Gasteiger partial charge is 0.481 e. The molecular formula is C8H15BNO3. The Kier molecular flexibility index (Phi) is 4.25. The van der Waals surface area contributed by atoms with Gasteiger partial charge in [-0.15, -0.1) is 0 Å². The van der Waals surface area contributed by atoms with Crippen molar-refractivity contribution >= 4 is 13.5 Å². The minimum Gasteiger partial charge on any atom is -0.481 e. The van der Waals surface area contributed by atoms with Gasteiger partial charge in [-0.2, -0.15) is 0 Å². The molecule has 0 spiro atoms. The van der Waals surface area contributed by atoms with Crippen molar-refractivity contribution in [2.24, 2.45) is 11.8 Å². The van der Waals surface area contributed by atoms with Crippen LogP contribution >= 0.6 is 0 Å². The molecule has 1 aliphatic rings. The van der Waals surface area contributed by atoms with Crippen LogP contribution in [-0.4, -0.2) is 36.7 Å². The van der Waals surface area contributed by atoms with Crippen molar-refractivity contribution in [2.75, 3.05) is 13.1 Å². The first-order valence-corrected chi connectivity index (χ1v) is 4.65. The lowest BCUT2D eigenvalue weighted by Crippen LogP contribution is -2.22. The molecule has 1 saturated heterocycles. The number of carboxylic acids is 1. The third-order valence-corrected chi connectivity index (χ3v) is 2.57. The summed E-state index contributed by atoms with van der Waals surface area (Å²) in [5, 5.41) is 20.4. The van der Waals surface area contributed by atoms with E-state index < -0.39 is 5.97 Å². The molecule has 5 heteroatoms. The Bertz CT molecular complexity index is 177. The van der Waals surface area contributed by atoms with E-state index >= 15 is 0 Å². The van der Waals surface area contributed by atoms with Crippen LogP contribution in [0.25, 0.3) is 0 Å². The Balaban J connectivity index is 2.27. The fraction of sp³-hybridized carbons (Fsp3) is 0.875. The summed E-state index contributed by atoms with van der Waals surface area (Å²) in [5.41, 5.74) is 0. The van der Waals surface area contributed by atoms with E-state index in [1.54, 1.807) is 0 Å². The normalized spacial score (nSPS) is 27.5. The lowest BCUT2D eigenvalue weighted by Gasteiger charge is -2.13. The third kappa shape index (κ3) is 3.01. The molecule has 0 amide bonds. The summed E-state index contributed by atoms with van der Waals surface area (Å²) in [6.07, 6.45) is 2.40. The van der Waals surface area contributed by atoms with Crippen molar-refractivity contribution in [3.63, 3.8) is 0 Å². The number of rotatable bonds is 5. The second-order valence-corrected chi connectivity index (χ2v) is 3.48. The van der Waals surface area contributed by atoms with Gasteiger partial charge in [-0.1, -0.05) is 12.7 Å². The van der Waals surface area contributed by atoms with Crippen LogP contribution in [0.2, 0.25) is 6.32 Å². The Morgan fingerprint density at radius 1 is 1.54 bits per heavy atom. The molecule has 2 unspecified atom stereocenters. The molecule has 3 N–H and O–H groups in total. The fourth-order valence-corrected chi connectivity index (χ4v) is 1.80. The van der Waals surface area contributed by atoms with E-state index in [2.05, 4.69) is 5.32 Å². The van der Waals surface area contributed by atoms with Crippen LogP contribution in [0.1, 0.15) is 12.8 Å². The second kappa shape index (κ2) is 5.24. The van der Waals surface area contributed by atoms with Gasteiger partial charge in [-0.3, -0.25) is 4.79 Å². The number of carboxylic acid groups (broad SMARTS) is 1. The zero-order valence-electron chi connectivity index (χ0n) is 7.57. The molecule has 4 nitrogen and oxygen atoms in total. The Morgan fingerprint density at radius 3 is 2.92 bits per heavy atom. The fourth-order valence-electron chi connectivity index (χ4n) is 1.80. The molecule has 1 rings (SSSR count). The number of hydrogen-bond acceptors (Lipinski definition) is 3. The van der Waals surface area contributed by atoms with Crippen LogP contribution in [0.3, 0.4) is 0 Å². The summed E-state index contributed by atoms with van der Waals surface area (Å²) in [4.78, 5) is 10.7. The molecule has 0 bridgehead atoms. The van der Waals surface area contributed by atoms with Crippen molar-refractivity contribution in [3.05, 3.63) is 0 Å². The highest BCUT2D eigenvalue weighted by molar-refractivity contribution is 6.25. The number of nitrogens with one attached hydrogen (secondary N) is 1. The predicted octanol–water partition coefficient (Wildman–Crippen LogP) is -0.283. The molecule has 0 aromatic heterocycles. The maximum atomic E-state index is 10.7. The Labute approximate surface area is 78.6 Å². The number of carbonyl (C=O) groups is 1. The van der Waals surface area contributed by atoms with Crippen LogP contribution in [0.4, 0.5) is 0 Å². The highest BCUT2D eigenvalue weighted by Gasteiger charge is 2.31. The predicted molar refractivity (Wildman–Crippen MR) is 49.5 cm³/mol. The zero-order valence-corrected chi connectivity index (χ0v) is 7.57. The van der Waals surface area contributed by atoms with Crippen molar-refractivity contribution in [2.45, 2.75) is 19.2 Å². The van der Waals surface area contributed by atoms with Gasteiger partial charge in [-0.25, -0.2) is 0 Å². The first kappa shape index (κ1) is 10.5. The number of hydrogen-bond donors (Lipinski definition) is 3. The van der Waals surface area contributed by atoms with E-state index in [4.69, 9.17) is 10.1 Å². The monoisotopic (exact) mass is 184 g/mol. The summed E-state index contributed by atoms with van der Waals surface area (Å²) in [6.45, 7) is 1.38. The van der Waals surface area contributed by atoms with E-state index in [9.17, 15) is 4.79 Å². The van der Waals surface area contributed by atoms with Crippen LogP contribution < -0.4 is 5.32 Å². The highest BCUT2D eigenvalue weighted by atomic mass is 16.4. The van der Waals surface area contributed by atoms with Gasteiger partial charge in [-0.05, 0) is 18.9 Å². The Hall–Kier alpha value is -0.545. The zero-order chi connectivity index (χ0) is 9.68. The molecule has 0 aromatic carbocycles. The quantitative estimate of drug-likeness (QED) is 0.405. The SMILES string of the molecule is O=C(O)C1CNCC1CCC[B]O. The van der Waals surface area contributed by atoms with Crippen molar-refractivity contribution in [3.8, 4) is 0 Å². The topological polar surface area (TPSA) is 69.6 Å². The average molecular weight is 184 g/mol. The molecule has 0 aliphatic carbocycles. The van der Waals surface area contributed by atoms with Crippen LogP contribution in [0.15, 0.2) is 0 Å². The highest BCUT2D eigenvalue weighted by Crippen LogP contribution is 2.22. The average Bonchev–Trinajstić information content (AvgIpc) is 2.53. The smallest absolute Gasteiger partial charge is 0.308 e. The van der Waals surface area contributed by atoms with Crippen LogP contribution in [0, 0.1) is 11.8 Å². The maximum Gasteiger partial charge on any atom is 0.308 e. The molecule has 0 saturated carbocycles. The van der Waals surface area contributed by atoms with Gasteiger partial charge in [0.05, 0.1) is 5.92 Å². The summed E-state index contributed by atoms with van der Waals surface area (Å²) >= 11 is 0. The first-order valence-electron chi connectivity index (χ1n) is 4.65. The molecule has 1 radical (unpaired) electrons. The summed E-state index contributed by atoms with van der Waals surface area (Å²) in [7, 11) is 1.14. The van der Waals surface area contributed by atoms with Gasteiger partial charge < -0.3 is 15.4 Å². The van der Waals surface area contributed by atoms with Crippen molar-refractivity contribution in [1.82, 2.24) is 5.32 Å². The van der Waals surface area contributed by atoms with Crippen LogP contribution in [0.5, 0.6) is 0 Å². The van der Waals surface area contributed by atoms with Crippen molar-refractivity contribution < 1.29 is 14.9 Å². The standard InChI is InChI=1S/C8H15BNO3/c11-8(12)7-5-10-4-6(7)2-1-3-9-13/h6-7,10,13H,1-5H2,(H,11,12). The Morgan fingerprint density at radius 2 is 2.31 bits per heavy atom. The molecule has 1 heterocycles. The van der Waals surface area contributed by atoms with E-state index in [1.165, 1.54) is 0 Å². The molecule has 1 fully saturated rings. The van der Waals surface area contributed by atoms with Crippen molar-refractivity contribution in [1.29, 1.82) is 0 Å². The molecule has 2 atom stereocenters. The number of aliphatic carboxylic acids is 1. The summed E-state index contributed by atoms with van der Waals surface area (Å²) in [5.74, 6) is -0.709. The molecular weight excluding hydrogens is 169 g/mol. The van der Waals surface area contributed by atoms with Gasteiger partial charge in [0.1, 0.15) is 0 Å². The maximum absolute atomic E-state index is 10.7. The first-order chi connectivity index (χ1) is 6.25. The van der Waals surface area contributed by atoms with Crippen LogP contribution in [-0.2, 0) is 4.79 Å². The molecule has 0 aromatic rings. The van der Waals surface area contributed by atoms with E-state index in [0.717, 1.165) is 26.9 Å². The lowest BCUT2D eigenvalue weighted by atomic mass is 9.86.